The molecule has 0 amide bonds. The normalized spacial score (nSPS) is 22.5. The van der Waals surface area contributed by atoms with E-state index in [1.807, 2.05) is 25.3 Å². The van der Waals surface area contributed by atoms with Gasteiger partial charge in [-0.3, -0.25) is 4.98 Å². The molecule has 1 aliphatic heterocycles. The molecule has 5 nitrogen and oxygen atoms in total. The second-order valence-corrected chi connectivity index (χ2v) is 8.21. The summed E-state index contributed by atoms with van der Waals surface area (Å²) in [6.07, 6.45) is 2.65. The lowest BCUT2D eigenvalue weighted by atomic mass is 10.0. The fourth-order valence-corrected chi connectivity index (χ4v) is 4.11. The minimum atomic E-state index is -0.230. The highest BCUT2D eigenvalue weighted by Gasteiger charge is 2.43. The van der Waals surface area contributed by atoms with Gasteiger partial charge in [0, 0.05) is 58.1 Å². The number of hydrogen-bond acceptors (Lipinski definition) is 5. The number of aromatic nitrogens is 3. The number of aryl methyl sites for hydroxylation is 1. The SMILES string of the molecule is Cc1ccnc([C@H]2C[C@@H]2c2cc(N3CC(O)C3)c3ccc(Br)cc3n2)n1. The topological polar surface area (TPSA) is 62.1 Å². The summed E-state index contributed by atoms with van der Waals surface area (Å²) < 4.78 is 1.03. The lowest BCUT2D eigenvalue weighted by Crippen LogP contribution is -2.50. The largest absolute Gasteiger partial charge is 0.389 e. The first-order chi connectivity index (χ1) is 12.6. The molecule has 132 valence electrons. The molecule has 1 saturated carbocycles. The molecule has 0 bridgehead atoms. The summed E-state index contributed by atoms with van der Waals surface area (Å²) in [6, 6.07) is 10.3. The summed E-state index contributed by atoms with van der Waals surface area (Å²) in [7, 11) is 0. The summed E-state index contributed by atoms with van der Waals surface area (Å²) in [5, 5.41) is 10.9. The highest BCUT2D eigenvalue weighted by Crippen LogP contribution is 2.54. The molecule has 2 atom stereocenters. The number of anilines is 1. The average molecular weight is 411 g/mol. The lowest BCUT2D eigenvalue weighted by Gasteiger charge is -2.38. The summed E-state index contributed by atoms with van der Waals surface area (Å²) >= 11 is 3.55. The lowest BCUT2D eigenvalue weighted by molar-refractivity contribution is 0.142. The number of halogens is 1. The predicted octanol–water partition coefficient (Wildman–Crippen LogP) is 3.55. The van der Waals surface area contributed by atoms with Crippen LogP contribution in [-0.2, 0) is 0 Å². The first kappa shape index (κ1) is 16.1. The Kier molecular flexibility index (Phi) is 3.72. The molecule has 6 heteroatoms. The van der Waals surface area contributed by atoms with Crippen LogP contribution in [0.25, 0.3) is 10.9 Å². The number of pyridine rings is 1. The fourth-order valence-electron chi connectivity index (χ4n) is 3.76. The maximum Gasteiger partial charge on any atom is 0.132 e. The van der Waals surface area contributed by atoms with E-state index in [2.05, 4.69) is 49.0 Å². The van der Waals surface area contributed by atoms with E-state index in [0.717, 1.165) is 39.0 Å². The number of nitrogens with zero attached hydrogens (tertiary/aromatic N) is 4. The van der Waals surface area contributed by atoms with E-state index < -0.39 is 0 Å². The van der Waals surface area contributed by atoms with Gasteiger partial charge in [0.25, 0.3) is 0 Å². The van der Waals surface area contributed by atoms with Gasteiger partial charge in [-0.1, -0.05) is 15.9 Å². The maximum absolute atomic E-state index is 9.72. The summed E-state index contributed by atoms with van der Waals surface area (Å²) in [4.78, 5) is 16.2. The third kappa shape index (κ3) is 2.77. The Morgan fingerprint density at radius 3 is 2.73 bits per heavy atom. The zero-order valence-electron chi connectivity index (χ0n) is 14.4. The molecule has 1 aliphatic carbocycles. The molecule has 0 radical (unpaired) electrons. The molecule has 2 fully saturated rings. The van der Waals surface area contributed by atoms with Crippen molar-refractivity contribution < 1.29 is 5.11 Å². The third-order valence-corrected chi connectivity index (χ3v) is 5.78. The van der Waals surface area contributed by atoms with Gasteiger partial charge in [-0.25, -0.2) is 9.97 Å². The van der Waals surface area contributed by atoms with Gasteiger partial charge in [0.05, 0.1) is 11.6 Å². The van der Waals surface area contributed by atoms with E-state index in [1.54, 1.807) is 0 Å². The summed E-state index contributed by atoms with van der Waals surface area (Å²) in [5.74, 6) is 1.64. The van der Waals surface area contributed by atoms with Crippen LogP contribution in [0, 0.1) is 6.92 Å². The van der Waals surface area contributed by atoms with E-state index in [-0.39, 0.29) is 6.10 Å². The Hall–Kier alpha value is -2.05. The van der Waals surface area contributed by atoms with Crippen LogP contribution in [0.2, 0.25) is 0 Å². The third-order valence-electron chi connectivity index (χ3n) is 5.29. The van der Waals surface area contributed by atoms with Crippen LogP contribution < -0.4 is 4.90 Å². The quantitative estimate of drug-likeness (QED) is 0.715. The van der Waals surface area contributed by atoms with Crippen LogP contribution in [0.1, 0.15) is 35.5 Å². The number of fused-ring (bicyclic) bond motifs is 1. The zero-order chi connectivity index (χ0) is 17.8. The average Bonchev–Trinajstić information content (AvgIpc) is 3.38. The molecule has 3 aromatic rings. The van der Waals surface area contributed by atoms with E-state index >= 15 is 0 Å². The first-order valence-corrected chi connectivity index (χ1v) is 9.70. The molecule has 3 heterocycles. The second-order valence-electron chi connectivity index (χ2n) is 7.29. The Morgan fingerprint density at radius 2 is 1.96 bits per heavy atom. The summed E-state index contributed by atoms with van der Waals surface area (Å²) in [6.45, 7) is 3.37. The molecule has 0 spiro atoms. The number of aliphatic hydroxyl groups is 1. The van der Waals surface area contributed by atoms with E-state index in [0.29, 0.717) is 24.9 Å². The van der Waals surface area contributed by atoms with Gasteiger partial charge < -0.3 is 10.0 Å². The van der Waals surface area contributed by atoms with Crippen molar-refractivity contribution in [2.24, 2.45) is 0 Å². The van der Waals surface area contributed by atoms with Crippen LogP contribution in [-0.4, -0.2) is 39.3 Å². The van der Waals surface area contributed by atoms with Gasteiger partial charge in [-0.05, 0) is 43.7 Å². The van der Waals surface area contributed by atoms with Crippen LogP contribution in [0.3, 0.4) is 0 Å². The van der Waals surface area contributed by atoms with Crippen LogP contribution in [0.5, 0.6) is 0 Å². The molecular weight excluding hydrogens is 392 g/mol. The van der Waals surface area contributed by atoms with Crippen LogP contribution in [0.15, 0.2) is 41.0 Å². The van der Waals surface area contributed by atoms with Crippen molar-refractivity contribution in [1.29, 1.82) is 0 Å². The van der Waals surface area contributed by atoms with Gasteiger partial charge in [0.1, 0.15) is 5.82 Å². The molecule has 5 rings (SSSR count). The minimum Gasteiger partial charge on any atom is -0.389 e. The van der Waals surface area contributed by atoms with Crippen LogP contribution >= 0.6 is 15.9 Å². The second kappa shape index (κ2) is 5.99. The standard InChI is InChI=1S/C20H19BrN4O/c1-11-4-5-22-20(23-11)16-7-15(16)18-8-19(25-9-13(26)10-25)14-3-2-12(21)6-17(14)24-18/h2-6,8,13,15-16,26H,7,9-10H2,1H3/t15-,16-/m0/s1. The van der Waals surface area contributed by atoms with E-state index in [1.165, 1.54) is 5.69 Å². The molecule has 2 aliphatic rings. The molecular formula is C20H19BrN4O. The number of β-amino-alcohol motifs (C(OH)–C–C–N with tert-alkyl or cyclic N) is 1. The van der Waals surface area contributed by atoms with Gasteiger partial charge in [0.2, 0.25) is 0 Å². The van der Waals surface area contributed by atoms with E-state index in [4.69, 9.17) is 4.98 Å². The zero-order valence-corrected chi connectivity index (χ0v) is 16.0. The van der Waals surface area contributed by atoms with Crippen molar-refractivity contribution >= 4 is 32.5 Å². The Bertz CT molecular complexity index is 1000. The Morgan fingerprint density at radius 1 is 1.12 bits per heavy atom. The molecule has 1 N–H and O–H groups in total. The molecule has 1 aromatic carbocycles. The molecule has 0 unspecified atom stereocenters. The maximum atomic E-state index is 9.72. The highest BCUT2D eigenvalue weighted by molar-refractivity contribution is 9.10. The van der Waals surface area contributed by atoms with Gasteiger partial charge in [-0.2, -0.15) is 0 Å². The van der Waals surface area contributed by atoms with Crippen molar-refractivity contribution in [3.05, 3.63) is 58.2 Å². The number of benzene rings is 1. The number of hydrogen-bond donors (Lipinski definition) is 1. The van der Waals surface area contributed by atoms with Crippen molar-refractivity contribution in [3.63, 3.8) is 0 Å². The molecule has 1 saturated heterocycles. The van der Waals surface area contributed by atoms with Crippen molar-refractivity contribution in [2.45, 2.75) is 31.3 Å². The van der Waals surface area contributed by atoms with E-state index in [9.17, 15) is 5.11 Å². The Balaban J connectivity index is 1.54. The summed E-state index contributed by atoms with van der Waals surface area (Å²) in [5.41, 5.74) is 4.26. The fraction of sp³-hybridized carbons (Fsp3) is 0.350. The Labute approximate surface area is 160 Å². The first-order valence-electron chi connectivity index (χ1n) is 8.91. The monoisotopic (exact) mass is 410 g/mol. The van der Waals surface area contributed by atoms with Crippen LogP contribution in [0.4, 0.5) is 5.69 Å². The molecule has 26 heavy (non-hydrogen) atoms. The van der Waals surface area contributed by atoms with Crippen molar-refractivity contribution in [3.8, 4) is 0 Å². The highest BCUT2D eigenvalue weighted by atomic mass is 79.9. The van der Waals surface area contributed by atoms with Gasteiger partial charge in [0.15, 0.2) is 0 Å². The number of rotatable bonds is 3. The number of aliphatic hydroxyl groups excluding tert-OH is 1. The van der Waals surface area contributed by atoms with Gasteiger partial charge >= 0.3 is 0 Å². The predicted molar refractivity (Wildman–Crippen MR) is 105 cm³/mol. The van der Waals surface area contributed by atoms with Gasteiger partial charge in [-0.15, -0.1) is 0 Å². The minimum absolute atomic E-state index is 0.230. The van der Waals surface area contributed by atoms with Crippen molar-refractivity contribution in [1.82, 2.24) is 15.0 Å². The molecule has 2 aromatic heterocycles. The smallest absolute Gasteiger partial charge is 0.132 e. The van der Waals surface area contributed by atoms with Crippen molar-refractivity contribution in [2.75, 3.05) is 18.0 Å².